The van der Waals surface area contributed by atoms with E-state index in [2.05, 4.69) is 22.4 Å². The first-order chi connectivity index (χ1) is 11.7. The largest absolute Gasteiger partial charge is 0.497 e. The van der Waals surface area contributed by atoms with E-state index in [4.69, 9.17) is 10.5 Å². The summed E-state index contributed by atoms with van der Waals surface area (Å²) in [5, 5.41) is 3.89. The lowest BCUT2D eigenvalue weighted by Crippen LogP contribution is -2.34. The van der Waals surface area contributed by atoms with Crippen LogP contribution in [0.5, 0.6) is 5.75 Å². The zero-order valence-corrected chi connectivity index (χ0v) is 14.3. The second-order valence-corrected chi connectivity index (χ2v) is 7.38. The standard InChI is InChI=1S/C17H20N4O2S/c1-23-12-4-2-10(3-5-12)15-13-7-19-6-11(13)9-21(15)16(22)14-8-20-17(18)24-14/h2-5,8,11,13,15,19H,6-7,9H2,1H3,(H2,18,20)/t11-,13-,15-/m0/s1. The Morgan fingerprint density at radius 1 is 1.38 bits per heavy atom. The van der Waals surface area contributed by atoms with Gasteiger partial charge in [0, 0.05) is 25.6 Å². The van der Waals surface area contributed by atoms with E-state index in [1.165, 1.54) is 11.3 Å². The van der Waals surface area contributed by atoms with Crippen LogP contribution in [0.1, 0.15) is 21.3 Å². The normalized spacial score (nSPS) is 25.7. The molecule has 2 aliphatic rings. The molecule has 6 nitrogen and oxygen atoms in total. The summed E-state index contributed by atoms with van der Waals surface area (Å²) in [7, 11) is 1.66. The topological polar surface area (TPSA) is 80.5 Å². The van der Waals surface area contributed by atoms with Gasteiger partial charge in [-0.2, -0.15) is 0 Å². The first-order valence-electron chi connectivity index (χ1n) is 8.04. The molecular formula is C17H20N4O2S. The Kier molecular flexibility index (Phi) is 3.90. The molecule has 1 amide bonds. The number of carbonyl (C=O) groups excluding carboxylic acids is 1. The lowest BCUT2D eigenvalue weighted by Gasteiger charge is -2.28. The lowest BCUT2D eigenvalue weighted by atomic mass is 9.89. The van der Waals surface area contributed by atoms with Gasteiger partial charge in [0.2, 0.25) is 0 Å². The van der Waals surface area contributed by atoms with Gasteiger partial charge in [-0.15, -0.1) is 0 Å². The van der Waals surface area contributed by atoms with Gasteiger partial charge in [-0.1, -0.05) is 23.5 Å². The average molecular weight is 344 g/mol. The molecule has 24 heavy (non-hydrogen) atoms. The number of benzene rings is 1. The van der Waals surface area contributed by atoms with Gasteiger partial charge in [-0.3, -0.25) is 4.79 Å². The van der Waals surface area contributed by atoms with Gasteiger partial charge in [0.1, 0.15) is 10.6 Å². The Hall–Kier alpha value is -2.12. The van der Waals surface area contributed by atoms with E-state index in [1.54, 1.807) is 13.3 Å². The molecule has 7 heteroatoms. The molecule has 0 spiro atoms. The third-order valence-electron chi connectivity index (χ3n) is 5.02. The highest BCUT2D eigenvalue weighted by molar-refractivity contribution is 7.17. The summed E-state index contributed by atoms with van der Waals surface area (Å²) in [6, 6.07) is 8.11. The number of nitrogens with two attached hydrogens (primary N) is 1. The first kappa shape index (κ1) is 15.4. The highest BCUT2D eigenvalue weighted by atomic mass is 32.1. The third-order valence-corrected chi connectivity index (χ3v) is 5.83. The van der Waals surface area contributed by atoms with E-state index in [-0.39, 0.29) is 11.9 Å². The van der Waals surface area contributed by atoms with Crippen LogP contribution in [0.3, 0.4) is 0 Å². The molecule has 3 heterocycles. The minimum absolute atomic E-state index is 0.0272. The molecule has 0 bridgehead atoms. The number of likely N-dealkylation sites (tertiary alicyclic amines) is 1. The summed E-state index contributed by atoms with van der Waals surface area (Å²) in [4.78, 5) is 19.6. The van der Waals surface area contributed by atoms with Crippen LogP contribution in [0.4, 0.5) is 5.13 Å². The SMILES string of the molecule is COc1ccc([C@H]2[C@H]3CNC[C@H]3CN2C(=O)c2cnc(N)s2)cc1. The van der Waals surface area contributed by atoms with Crippen LogP contribution in [-0.2, 0) is 0 Å². The van der Waals surface area contributed by atoms with Crippen molar-refractivity contribution in [3.05, 3.63) is 40.9 Å². The number of ether oxygens (including phenoxy) is 1. The number of aromatic nitrogens is 1. The minimum Gasteiger partial charge on any atom is -0.497 e. The number of hydrogen-bond donors (Lipinski definition) is 2. The van der Waals surface area contributed by atoms with Crippen LogP contribution in [0.2, 0.25) is 0 Å². The van der Waals surface area contributed by atoms with Crippen molar-refractivity contribution in [2.24, 2.45) is 11.8 Å². The summed E-state index contributed by atoms with van der Waals surface area (Å²) >= 11 is 1.25. The molecule has 0 saturated carbocycles. The van der Waals surface area contributed by atoms with Gasteiger partial charge in [0.25, 0.3) is 5.91 Å². The Labute approximate surface area is 144 Å². The molecule has 3 N–H and O–H groups in total. The van der Waals surface area contributed by atoms with E-state index < -0.39 is 0 Å². The van der Waals surface area contributed by atoms with Crippen LogP contribution in [0, 0.1) is 11.8 Å². The molecular weight excluding hydrogens is 324 g/mol. The number of fused-ring (bicyclic) bond motifs is 1. The molecule has 0 radical (unpaired) electrons. The predicted molar refractivity (Wildman–Crippen MR) is 93.1 cm³/mol. The Bertz CT molecular complexity index is 745. The second-order valence-electron chi connectivity index (χ2n) is 6.32. The molecule has 2 saturated heterocycles. The van der Waals surface area contributed by atoms with Crippen molar-refractivity contribution < 1.29 is 9.53 Å². The molecule has 2 fully saturated rings. The Morgan fingerprint density at radius 3 is 2.83 bits per heavy atom. The van der Waals surface area contributed by atoms with Crippen molar-refractivity contribution in [2.75, 3.05) is 32.5 Å². The number of carbonyl (C=O) groups is 1. The molecule has 0 aliphatic carbocycles. The maximum Gasteiger partial charge on any atom is 0.266 e. The molecule has 126 valence electrons. The van der Waals surface area contributed by atoms with Gasteiger partial charge >= 0.3 is 0 Å². The number of thiazole rings is 1. The first-order valence-corrected chi connectivity index (χ1v) is 8.86. The van der Waals surface area contributed by atoms with E-state index in [0.29, 0.717) is 21.8 Å². The number of rotatable bonds is 3. The zero-order chi connectivity index (χ0) is 16.7. The van der Waals surface area contributed by atoms with E-state index in [0.717, 1.165) is 30.9 Å². The van der Waals surface area contributed by atoms with Gasteiger partial charge in [0.05, 0.1) is 19.3 Å². The molecule has 3 atom stereocenters. The van der Waals surface area contributed by atoms with E-state index in [9.17, 15) is 4.79 Å². The average Bonchev–Trinajstić information content (AvgIpc) is 3.29. The maximum absolute atomic E-state index is 13.0. The molecule has 1 aromatic carbocycles. The number of nitrogens with zero attached hydrogens (tertiary/aromatic N) is 2. The molecule has 0 unspecified atom stereocenters. The predicted octanol–water partition coefficient (Wildman–Crippen LogP) is 1.77. The number of amides is 1. The highest BCUT2D eigenvalue weighted by Gasteiger charge is 2.47. The minimum atomic E-state index is 0.0272. The molecule has 1 aromatic heterocycles. The highest BCUT2D eigenvalue weighted by Crippen LogP contribution is 2.43. The monoisotopic (exact) mass is 344 g/mol. The summed E-state index contributed by atoms with van der Waals surface area (Å²) < 4.78 is 5.25. The second kappa shape index (κ2) is 6.07. The Morgan fingerprint density at radius 2 is 2.17 bits per heavy atom. The van der Waals surface area contributed by atoms with Gasteiger partial charge in [-0.05, 0) is 23.6 Å². The van der Waals surface area contributed by atoms with Crippen LogP contribution in [0.15, 0.2) is 30.5 Å². The maximum atomic E-state index is 13.0. The van der Waals surface area contributed by atoms with Crippen molar-refractivity contribution >= 4 is 22.4 Å². The van der Waals surface area contributed by atoms with Gasteiger partial charge in [0.15, 0.2) is 5.13 Å². The summed E-state index contributed by atoms with van der Waals surface area (Å²) in [5.74, 6) is 1.78. The van der Waals surface area contributed by atoms with Crippen LogP contribution >= 0.6 is 11.3 Å². The van der Waals surface area contributed by atoms with Crippen molar-refractivity contribution in [2.45, 2.75) is 6.04 Å². The molecule has 2 aliphatic heterocycles. The van der Waals surface area contributed by atoms with E-state index >= 15 is 0 Å². The number of nitrogens with one attached hydrogen (secondary N) is 1. The number of methoxy groups -OCH3 is 1. The Balaban J connectivity index is 1.67. The van der Waals surface area contributed by atoms with Gasteiger partial charge < -0.3 is 20.7 Å². The third kappa shape index (κ3) is 2.53. The number of anilines is 1. The smallest absolute Gasteiger partial charge is 0.266 e. The fourth-order valence-corrected chi connectivity index (χ4v) is 4.53. The molecule has 4 rings (SSSR count). The van der Waals surface area contributed by atoms with Crippen molar-refractivity contribution in [3.63, 3.8) is 0 Å². The van der Waals surface area contributed by atoms with E-state index in [1.807, 2.05) is 17.0 Å². The summed E-state index contributed by atoms with van der Waals surface area (Å²) in [6.45, 7) is 2.67. The summed E-state index contributed by atoms with van der Waals surface area (Å²) in [6.07, 6.45) is 1.58. The number of hydrogen-bond acceptors (Lipinski definition) is 6. The quantitative estimate of drug-likeness (QED) is 0.887. The van der Waals surface area contributed by atoms with Crippen molar-refractivity contribution in [1.82, 2.24) is 15.2 Å². The number of nitrogen functional groups attached to an aromatic ring is 1. The fourth-order valence-electron chi connectivity index (χ4n) is 3.89. The summed E-state index contributed by atoms with van der Waals surface area (Å²) in [5.41, 5.74) is 6.85. The van der Waals surface area contributed by atoms with Crippen LogP contribution in [0.25, 0.3) is 0 Å². The fraction of sp³-hybridized carbons (Fsp3) is 0.412. The van der Waals surface area contributed by atoms with Gasteiger partial charge in [-0.25, -0.2) is 4.98 Å². The lowest BCUT2D eigenvalue weighted by molar-refractivity contribution is 0.0719. The van der Waals surface area contributed by atoms with Crippen LogP contribution < -0.4 is 15.8 Å². The zero-order valence-electron chi connectivity index (χ0n) is 13.4. The molecule has 2 aromatic rings. The van der Waals surface area contributed by atoms with Crippen LogP contribution in [-0.4, -0.2) is 42.5 Å². The van der Waals surface area contributed by atoms with Crippen molar-refractivity contribution in [1.29, 1.82) is 0 Å². The van der Waals surface area contributed by atoms with Crippen molar-refractivity contribution in [3.8, 4) is 5.75 Å².